The fraction of sp³-hybridized carbons (Fsp3) is 0.300. The number of hydrogen-bond acceptors (Lipinski definition) is 5. The molecule has 28 heavy (non-hydrogen) atoms. The molecule has 0 saturated carbocycles. The summed E-state index contributed by atoms with van der Waals surface area (Å²) in [5.74, 6) is 0.829. The molecule has 148 valence electrons. The number of hydrogen-bond donors (Lipinski definition) is 1. The lowest BCUT2D eigenvalue weighted by Gasteiger charge is -2.29. The van der Waals surface area contributed by atoms with Crippen molar-refractivity contribution in [2.45, 2.75) is 31.7 Å². The molecule has 2 aromatic rings. The highest BCUT2D eigenvalue weighted by atomic mass is 32.2. The van der Waals surface area contributed by atoms with Crippen molar-refractivity contribution in [2.24, 2.45) is 4.40 Å². The van der Waals surface area contributed by atoms with E-state index in [4.69, 9.17) is 4.74 Å². The highest BCUT2D eigenvalue weighted by Crippen LogP contribution is 2.32. The SMILES string of the molecule is CCCN1C(C)=NS(=O)(=O)c2cc(C(=O)NCc3ccc(OC)cc3)ccc21. The van der Waals surface area contributed by atoms with Gasteiger partial charge in [-0.1, -0.05) is 19.1 Å². The number of ether oxygens (including phenoxy) is 1. The number of fused-ring (bicyclic) bond motifs is 1. The van der Waals surface area contributed by atoms with Gasteiger partial charge in [0.1, 0.15) is 16.5 Å². The van der Waals surface area contributed by atoms with Gasteiger partial charge in [-0.05, 0) is 49.2 Å². The molecule has 0 radical (unpaired) electrons. The second-order valence-corrected chi connectivity index (χ2v) is 8.05. The van der Waals surface area contributed by atoms with Crippen molar-refractivity contribution in [2.75, 3.05) is 18.6 Å². The van der Waals surface area contributed by atoms with Gasteiger partial charge >= 0.3 is 0 Å². The first-order valence-electron chi connectivity index (χ1n) is 9.00. The van der Waals surface area contributed by atoms with Crippen LogP contribution in [-0.4, -0.2) is 33.8 Å². The largest absolute Gasteiger partial charge is 0.497 e. The topological polar surface area (TPSA) is 88.1 Å². The van der Waals surface area contributed by atoms with Crippen LogP contribution < -0.4 is 15.0 Å². The summed E-state index contributed by atoms with van der Waals surface area (Å²) in [6.45, 7) is 4.66. The molecule has 0 aliphatic carbocycles. The second-order valence-electron chi connectivity index (χ2n) is 6.48. The van der Waals surface area contributed by atoms with Crippen molar-refractivity contribution >= 4 is 27.5 Å². The molecule has 0 bridgehead atoms. The number of sulfonamides is 1. The molecule has 0 aromatic heterocycles. The normalized spacial score (nSPS) is 14.8. The van der Waals surface area contributed by atoms with Crippen LogP contribution in [0.15, 0.2) is 51.8 Å². The Bertz CT molecular complexity index is 1010. The Morgan fingerprint density at radius 1 is 1.18 bits per heavy atom. The van der Waals surface area contributed by atoms with E-state index in [1.165, 1.54) is 6.07 Å². The standard InChI is InChI=1S/C20H23N3O4S/c1-4-11-23-14(2)22-28(25,26)19-12-16(7-10-18(19)23)20(24)21-13-15-5-8-17(27-3)9-6-15/h5-10,12H,4,11,13H2,1-3H3,(H,21,24). The lowest BCUT2D eigenvalue weighted by Crippen LogP contribution is -2.34. The summed E-state index contributed by atoms with van der Waals surface area (Å²) in [5.41, 5.74) is 1.75. The molecule has 1 amide bonds. The monoisotopic (exact) mass is 401 g/mol. The summed E-state index contributed by atoms with van der Waals surface area (Å²) in [6.07, 6.45) is 0.844. The van der Waals surface area contributed by atoms with Gasteiger partial charge in [-0.2, -0.15) is 8.42 Å². The molecule has 0 unspecified atom stereocenters. The molecule has 2 aromatic carbocycles. The van der Waals surface area contributed by atoms with Crippen LogP contribution in [0.2, 0.25) is 0 Å². The predicted molar refractivity (Wildman–Crippen MR) is 109 cm³/mol. The van der Waals surface area contributed by atoms with Crippen molar-refractivity contribution in [1.29, 1.82) is 0 Å². The Balaban J connectivity index is 1.81. The number of anilines is 1. The number of carbonyl (C=O) groups excluding carboxylic acids is 1. The summed E-state index contributed by atoms with van der Waals surface area (Å²) >= 11 is 0. The molecule has 1 N–H and O–H groups in total. The van der Waals surface area contributed by atoms with Crippen LogP contribution in [0.3, 0.4) is 0 Å². The van der Waals surface area contributed by atoms with Crippen molar-refractivity contribution in [1.82, 2.24) is 5.32 Å². The van der Waals surface area contributed by atoms with Crippen LogP contribution in [0.25, 0.3) is 0 Å². The minimum Gasteiger partial charge on any atom is -0.497 e. The van der Waals surface area contributed by atoms with Gasteiger partial charge in [-0.15, -0.1) is 4.40 Å². The smallest absolute Gasteiger partial charge is 0.286 e. The van der Waals surface area contributed by atoms with Crippen LogP contribution in [0.4, 0.5) is 5.69 Å². The van der Waals surface area contributed by atoms with Gasteiger partial charge in [-0.3, -0.25) is 4.79 Å². The summed E-state index contributed by atoms with van der Waals surface area (Å²) in [6, 6.07) is 12.0. The van der Waals surface area contributed by atoms with E-state index in [1.807, 2.05) is 36.1 Å². The average molecular weight is 401 g/mol. The zero-order valence-corrected chi connectivity index (χ0v) is 16.9. The first kappa shape index (κ1) is 19.9. The molecule has 0 saturated heterocycles. The third kappa shape index (κ3) is 4.01. The van der Waals surface area contributed by atoms with Gasteiger partial charge < -0.3 is 15.0 Å². The lowest BCUT2D eigenvalue weighted by atomic mass is 10.1. The third-order valence-corrected chi connectivity index (χ3v) is 5.88. The van der Waals surface area contributed by atoms with E-state index in [9.17, 15) is 13.2 Å². The van der Waals surface area contributed by atoms with Gasteiger partial charge in [-0.25, -0.2) is 0 Å². The van der Waals surface area contributed by atoms with Crippen molar-refractivity contribution in [3.63, 3.8) is 0 Å². The molecular weight excluding hydrogens is 378 g/mol. The summed E-state index contributed by atoms with van der Waals surface area (Å²) < 4.78 is 33.9. The fourth-order valence-electron chi connectivity index (χ4n) is 3.07. The van der Waals surface area contributed by atoms with Crippen LogP contribution in [0.1, 0.15) is 36.2 Å². The van der Waals surface area contributed by atoms with Gasteiger partial charge in [0.2, 0.25) is 0 Å². The zero-order chi connectivity index (χ0) is 20.3. The molecule has 1 aliphatic heterocycles. The Kier molecular flexibility index (Phi) is 5.69. The van der Waals surface area contributed by atoms with Crippen LogP contribution >= 0.6 is 0 Å². The number of methoxy groups -OCH3 is 1. The highest BCUT2D eigenvalue weighted by Gasteiger charge is 2.29. The van der Waals surface area contributed by atoms with Gasteiger partial charge in [0.05, 0.1) is 12.8 Å². The first-order valence-corrected chi connectivity index (χ1v) is 10.4. The van der Waals surface area contributed by atoms with Crippen molar-refractivity contribution in [3.05, 3.63) is 53.6 Å². The Hall–Kier alpha value is -2.87. The average Bonchev–Trinajstić information content (AvgIpc) is 2.69. The van der Waals surface area contributed by atoms with Crippen molar-refractivity contribution < 1.29 is 17.9 Å². The van der Waals surface area contributed by atoms with E-state index in [1.54, 1.807) is 26.2 Å². The van der Waals surface area contributed by atoms with E-state index in [0.29, 0.717) is 24.6 Å². The molecule has 1 heterocycles. The lowest BCUT2D eigenvalue weighted by molar-refractivity contribution is 0.0950. The first-order chi connectivity index (χ1) is 13.4. The molecule has 0 spiro atoms. The number of nitrogens with zero attached hydrogens (tertiary/aromatic N) is 2. The third-order valence-electron chi connectivity index (χ3n) is 4.49. The maximum atomic E-state index is 12.5. The molecule has 8 heteroatoms. The van der Waals surface area contributed by atoms with E-state index < -0.39 is 10.0 Å². The highest BCUT2D eigenvalue weighted by molar-refractivity contribution is 7.90. The number of amidine groups is 1. The molecular formula is C20H23N3O4S. The van der Waals surface area contributed by atoms with Crippen LogP contribution in [0, 0.1) is 0 Å². The Morgan fingerprint density at radius 3 is 2.54 bits per heavy atom. The number of nitrogens with one attached hydrogen (secondary N) is 1. The van der Waals surface area contributed by atoms with E-state index in [0.717, 1.165) is 17.7 Å². The van der Waals surface area contributed by atoms with Crippen LogP contribution in [-0.2, 0) is 16.6 Å². The van der Waals surface area contributed by atoms with Gasteiger partial charge in [0, 0.05) is 18.7 Å². The molecule has 0 atom stereocenters. The minimum atomic E-state index is -3.82. The molecule has 3 rings (SSSR count). The van der Waals surface area contributed by atoms with Gasteiger partial charge in [0.15, 0.2) is 0 Å². The predicted octanol–water partition coefficient (Wildman–Crippen LogP) is 2.96. The molecule has 1 aliphatic rings. The maximum absolute atomic E-state index is 12.5. The summed E-state index contributed by atoms with van der Waals surface area (Å²) in [4.78, 5) is 14.4. The zero-order valence-electron chi connectivity index (χ0n) is 16.1. The van der Waals surface area contributed by atoms with Crippen molar-refractivity contribution in [3.8, 4) is 5.75 Å². The van der Waals surface area contributed by atoms with E-state index in [2.05, 4.69) is 9.71 Å². The Morgan fingerprint density at radius 2 is 1.89 bits per heavy atom. The summed E-state index contributed by atoms with van der Waals surface area (Å²) in [7, 11) is -2.23. The fourth-order valence-corrected chi connectivity index (χ4v) is 4.33. The quantitative estimate of drug-likeness (QED) is 0.804. The minimum absolute atomic E-state index is 0.0589. The molecule has 0 fully saturated rings. The number of amides is 1. The van der Waals surface area contributed by atoms with Crippen LogP contribution in [0.5, 0.6) is 5.75 Å². The van der Waals surface area contributed by atoms with E-state index in [-0.39, 0.29) is 16.4 Å². The number of benzene rings is 2. The number of carbonyl (C=O) groups is 1. The van der Waals surface area contributed by atoms with Gasteiger partial charge in [0.25, 0.3) is 15.9 Å². The molecule has 7 nitrogen and oxygen atoms in total. The Labute approximate surface area is 165 Å². The second kappa shape index (κ2) is 8.02. The maximum Gasteiger partial charge on any atom is 0.286 e. The van der Waals surface area contributed by atoms with E-state index >= 15 is 0 Å². The summed E-state index contributed by atoms with van der Waals surface area (Å²) in [5, 5.41) is 2.81. The number of rotatable bonds is 6.